The van der Waals surface area contributed by atoms with Crippen LogP contribution in [0, 0.1) is 6.92 Å². The number of benzene rings is 1. The number of carbonyl (C=O) groups excluding carboxylic acids is 1. The van der Waals surface area contributed by atoms with Crippen LogP contribution < -0.4 is 0 Å². The lowest BCUT2D eigenvalue weighted by Gasteiger charge is -2.16. The number of amides is 1. The Labute approximate surface area is 129 Å². The van der Waals surface area contributed by atoms with E-state index in [-0.39, 0.29) is 5.91 Å². The van der Waals surface area contributed by atoms with E-state index in [9.17, 15) is 4.79 Å². The minimum absolute atomic E-state index is 0.0166. The van der Waals surface area contributed by atoms with Crippen molar-refractivity contribution in [3.8, 4) is 0 Å². The summed E-state index contributed by atoms with van der Waals surface area (Å²) in [4.78, 5) is 21.5. The zero-order valence-electron chi connectivity index (χ0n) is 12.8. The zero-order chi connectivity index (χ0) is 15.5. The number of H-pyrrole nitrogens is 1. The molecular weight excluding hydrogens is 274 g/mol. The van der Waals surface area contributed by atoms with E-state index in [2.05, 4.69) is 22.1 Å². The van der Waals surface area contributed by atoms with Gasteiger partial charge in [-0.05, 0) is 48.7 Å². The number of hydrogen-bond acceptors (Lipinski definition) is 2. The van der Waals surface area contributed by atoms with Gasteiger partial charge < -0.3 is 9.88 Å². The van der Waals surface area contributed by atoms with E-state index in [4.69, 9.17) is 0 Å². The average Bonchev–Trinajstić information content (AvgIpc) is 2.95. The van der Waals surface area contributed by atoms with Gasteiger partial charge in [0.05, 0.1) is 0 Å². The lowest BCUT2D eigenvalue weighted by molar-refractivity contribution is 0.0792. The van der Waals surface area contributed by atoms with E-state index in [1.165, 1.54) is 11.1 Å². The highest BCUT2D eigenvalue weighted by atomic mass is 16.2. The quantitative estimate of drug-likeness (QED) is 0.803. The molecule has 4 nitrogen and oxygen atoms in total. The summed E-state index contributed by atoms with van der Waals surface area (Å²) in [6.07, 6.45) is 4.37. The van der Waals surface area contributed by atoms with Gasteiger partial charge in [0, 0.05) is 36.9 Å². The Morgan fingerprint density at radius 2 is 1.95 bits per heavy atom. The second-order valence-electron chi connectivity index (χ2n) is 5.61. The Morgan fingerprint density at radius 1 is 1.18 bits per heavy atom. The van der Waals surface area contributed by atoms with Crippen molar-refractivity contribution in [3.63, 3.8) is 0 Å². The highest BCUT2D eigenvalue weighted by Crippen LogP contribution is 2.17. The Balaban J connectivity index is 1.71. The number of fused-ring (bicyclic) bond motifs is 1. The molecule has 0 fully saturated rings. The maximum atomic E-state index is 12.5. The van der Waals surface area contributed by atoms with Gasteiger partial charge in [-0.25, -0.2) is 0 Å². The monoisotopic (exact) mass is 293 g/mol. The number of pyridine rings is 1. The number of nitrogens with zero attached hydrogens (tertiary/aromatic N) is 2. The maximum Gasteiger partial charge on any atom is 0.270 e. The van der Waals surface area contributed by atoms with Gasteiger partial charge in [0.25, 0.3) is 5.91 Å². The lowest BCUT2D eigenvalue weighted by atomic mass is 10.2. The number of aromatic amines is 1. The fraction of sp³-hybridized carbons (Fsp3) is 0.222. The molecule has 0 atom stereocenters. The average molecular weight is 293 g/mol. The number of hydrogen-bond donors (Lipinski definition) is 1. The molecule has 22 heavy (non-hydrogen) atoms. The first-order valence-corrected chi connectivity index (χ1v) is 7.37. The standard InChI is InChI=1S/C18H19N3O/c1-13-3-4-15-12-17(20-16(15)11-13)18(22)21(2)10-7-14-5-8-19-9-6-14/h3-6,8-9,11-12,20H,7,10H2,1-2H3. The topological polar surface area (TPSA) is 49.0 Å². The Morgan fingerprint density at radius 3 is 2.73 bits per heavy atom. The molecule has 0 aliphatic rings. The maximum absolute atomic E-state index is 12.5. The van der Waals surface area contributed by atoms with Crippen LogP contribution >= 0.6 is 0 Å². The van der Waals surface area contributed by atoms with E-state index in [1.807, 2.05) is 38.2 Å². The Hall–Kier alpha value is -2.62. The van der Waals surface area contributed by atoms with Crippen molar-refractivity contribution in [2.75, 3.05) is 13.6 Å². The van der Waals surface area contributed by atoms with Gasteiger partial charge in [0.1, 0.15) is 5.69 Å². The van der Waals surface area contributed by atoms with E-state index in [1.54, 1.807) is 17.3 Å². The summed E-state index contributed by atoms with van der Waals surface area (Å²) in [5, 5.41) is 1.07. The van der Waals surface area contributed by atoms with Crippen LogP contribution in [0.15, 0.2) is 48.8 Å². The molecule has 0 bridgehead atoms. The fourth-order valence-electron chi connectivity index (χ4n) is 2.51. The lowest BCUT2D eigenvalue weighted by Crippen LogP contribution is -2.29. The smallest absolute Gasteiger partial charge is 0.270 e. The molecular formula is C18H19N3O. The van der Waals surface area contributed by atoms with E-state index < -0.39 is 0 Å². The predicted molar refractivity (Wildman–Crippen MR) is 87.9 cm³/mol. The molecule has 2 aromatic heterocycles. The summed E-state index contributed by atoms with van der Waals surface area (Å²) < 4.78 is 0. The first-order valence-electron chi connectivity index (χ1n) is 7.37. The van der Waals surface area contributed by atoms with Crippen molar-refractivity contribution in [1.29, 1.82) is 0 Å². The molecule has 0 radical (unpaired) electrons. The molecule has 1 amide bonds. The van der Waals surface area contributed by atoms with Gasteiger partial charge in [0.15, 0.2) is 0 Å². The highest BCUT2D eigenvalue weighted by molar-refractivity contribution is 5.98. The fourth-order valence-corrected chi connectivity index (χ4v) is 2.51. The van der Waals surface area contributed by atoms with Gasteiger partial charge in [-0.1, -0.05) is 12.1 Å². The molecule has 2 heterocycles. The molecule has 0 saturated heterocycles. The van der Waals surface area contributed by atoms with Crippen LogP contribution in [0.1, 0.15) is 21.6 Å². The minimum Gasteiger partial charge on any atom is -0.351 e. The van der Waals surface area contributed by atoms with Crippen LogP contribution in [0.5, 0.6) is 0 Å². The Bertz CT molecular complexity index is 792. The van der Waals surface area contributed by atoms with Crippen LogP contribution in [0.2, 0.25) is 0 Å². The van der Waals surface area contributed by atoms with Crippen LogP contribution in [-0.4, -0.2) is 34.4 Å². The van der Waals surface area contributed by atoms with Gasteiger partial charge in [-0.2, -0.15) is 0 Å². The summed E-state index contributed by atoms with van der Waals surface area (Å²) >= 11 is 0. The number of aryl methyl sites for hydroxylation is 1. The van der Waals surface area contributed by atoms with Crippen LogP contribution in [-0.2, 0) is 6.42 Å². The van der Waals surface area contributed by atoms with Crippen LogP contribution in [0.25, 0.3) is 10.9 Å². The second kappa shape index (κ2) is 6.02. The van der Waals surface area contributed by atoms with Crippen molar-refractivity contribution < 1.29 is 4.79 Å². The second-order valence-corrected chi connectivity index (χ2v) is 5.61. The molecule has 3 rings (SSSR count). The number of rotatable bonds is 4. The summed E-state index contributed by atoms with van der Waals surface area (Å²) in [5.74, 6) is 0.0166. The first-order chi connectivity index (χ1) is 10.6. The molecule has 0 saturated carbocycles. The molecule has 0 aliphatic heterocycles. The number of aromatic nitrogens is 2. The molecule has 1 N–H and O–H groups in total. The van der Waals surface area contributed by atoms with Crippen molar-refractivity contribution in [3.05, 3.63) is 65.6 Å². The third-order valence-electron chi connectivity index (χ3n) is 3.84. The molecule has 112 valence electrons. The summed E-state index contributed by atoms with van der Waals surface area (Å²) in [5.41, 5.74) is 4.00. The zero-order valence-corrected chi connectivity index (χ0v) is 12.8. The predicted octanol–water partition coefficient (Wildman–Crippen LogP) is 3.19. The SMILES string of the molecule is Cc1ccc2cc(C(=O)N(C)CCc3ccncc3)[nH]c2c1. The minimum atomic E-state index is 0.0166. The highest BCUT2D eigenvalue weighted by Gasteiger charge is 2.14. The van der Waals surface area contributed by atoms with Crippen LogP contribution in [0.4, 0.5) is 0 Å². The summed E-state index contributed by atoms with van der Waals surface area (Å²) in [6, 6.07) is 12.0. The van der Waals surface area contributed by atoms with Crippen molar-refractivity contribution >= 4 is 16.8 Å². The molecule has 1 aromatic carbocycles. The largest absolute Gasteiger partial charge is 0.351 e. The van der Waals surface area contributed by atoms with Gasteiger partial charge >= 0.3 is 0 Å². The molecule has 0 aliphatic carbocycles. The number of likely N-dealkylation sites (N-methyl/N-ethyl adjacent to an activating group) is 1. The third-order valence-corrected chi connectivity index (χ3v) is 3.84. The molecule has 0 unspecified atom stereocenters. The third kappa shape index (κ3) is 3.01. The Kier molecular flexibility index (Phi) is 3.92. The van der Waals surface area contributed by atoms with Crippen molar-refractivity contribution in [2.24, 2.45) is 0 Å². The van der Waals surface area contributed by atoms with Crippen molar-refractivity contribution in [1.82, 2.24) is 14.9 Å². The molecule has 3 aromatic rings. The van der Waals surface area contributed by atoms with Crippen molar-refractivity contribution in [2.45, 2.75) is 13.3 Å². The van der Waals surface area contributed by atoms with E-state index >= 15 is 0 Å². The number of carbonyl (C=O) groups is 1. The number of nitrogens with one attached hydrogen (secondary N) is 1. The van der Waals surface area contributed by atoms with E-state index in [0.717, 1.165) is 17.3 Å². The van der Waals surface area contributed by atoms with Gasteiger partial charge in [-0.15, -0.1) is 0 Å². The summed E-state index contributed by atoms with van der Waals surface area (Å²) in [6.45, 7) is 2.72. The molecule has 4 heteroatoms. The summed E-state index contributed by atoms with van der Waals surface area (Å²) in [7, 11) is 1.83. The van der Waals surface area contributed by atoms with Gasteiger partial charge in [-0.3, -0.25) is 9.78 Å². The van der Waals surface area contributed by atoms with Gasteiger partial charge in [0.2, 0.25) is 0 Å². The van der Waals surface area contributed by atoms with Crippen LogP contribution in [0.3, 0.4) is 0 Å². The molecule has 0 spiro atoms. The first kappa shape index (κ1) is 14.3. The normalized spacial score (nSPS) is 10.8. The van der Waals surface area contributed by atoms with E-state index in [0.29, 0.717) is 12.2 Å².